The molecular weight excluding hydrogens is 354 g/mol. The highest BCUT2D eigenvalue weighted by atomic mass is 32.1. The molecule has 4 rings (SSSR count). The minimum atomic E-state index is -0.860. The number of imide groups is 1. The Balaban J connectivity index is 1.36. The topological polar surface area (TPSA) is 103 Å². The first-order chi connectivity index (χ1) is 12.5. The van der Waals surface area contributed by atoms with E-state index < -0.39 is 17.5 Å². The number of hydrogen-bond donors (Lipinski definition) is 3. The van der Waals surface area contributed by atoms with E-state index in [1.54, 1.807) is 6.92 Å². The number of urea groups is 1. The van der Waals surface area contributed by atoms with E-state index in [-0.39, 0.29) is 18.4 Å². The van der Waals surface area contributed by atoms with Gasteiger partial charge in [0, 0.05) is 11.1 Å². The Morgan fingerprint density at radius 1 is 1.35 bits per heavy atom. The molecule has 8 nitrogen and oxygen atoms in total. The summed E-state index contributed by atoms with van der Waals surface area (Å²) in [6, 6.07) is -0.492. The van der Waals surface area contributed by atoms with Crippen molar-refractivity contribution in [3.63, 3.8) is 0 Å². The van der Waals surface area contributed by atoms with Crippen LogP contribution in [-0.4, -0.2) is 52.9 Å². The number of hydrogen-bond acceptors (Lipinski definition) is 6. The third kappa shape index (κ3) is 3.21. The summed E-state index contributed by atoms with van der Waals surface area (Å²) in [6.45, 7) is 3.45. The molecule has 26 heavy (non-hydrogen) atoms. The van der Waals surface area contributed by atoms with Crippen molar-refractivity contribution in [3.8, 4) is 0 Å². The predicted molar refractivity (Wildman–Crippen MR) is 97.0 cm³/mol. The molecule has 2 aliphatic heterocycles. The molecule has 0 spiro atoms. The predicted octanol–water partition coefficient (Wildman–Crippen LogP) is 1.27. The lowest BCUT2D eigenvalue weighted by Crippen LogP contribution is -2.46. The summed E-state index contributed by atoms with van der Waals surface area (Å²) in [5.74, 6) is -0.0578. The van der Waals surface area contributed by atoms with E-state index in [0.29, 0.717) is 11.0 Å². The van der Waals surface area contributed by atoms with Crippen molar-refractivity contribution in [3.05, 3.63) is 11.1 Å². The molecule has 3 aliphatic rings. The van der Waals surface area contributed by atoms with E-state index in [0.717, 1.165) is 48.5 Å². The number of nitrogens with one attached hydrogen (secondary N) is 3. The largest absolute Gasteiger partial charge is 0.325 e. The zero-order valence-electron chi connectivity index (χ0n) is 14.7. The molecule has 1 atom stereocenters. The van der Waals surface area contributed by atoms with E-state index in [1.165, 1.54) is 11.3 Å². The number of piperidine rings is 1. The zero-order valence-corrected chi connectivity index (χ0v) is 15.5. The number of amides is 4. The molecule has 1 aromatic rings. The van der Waals surface area contributed by atoms with Gasteiger partial charge in [-0.2, -0.15) is 0 Å². The van der Waals surface area contributed by atoms with Crippen molar-refractivity contribution in [2.24, 2.45) is 5.92 Å². The summed E-state index contributed by atoms with van der Waals surface area (Å²) >= 11 is 1.47. The lowest BCUT2D eigenvalue weighted by atomic mass is 9.96. The lowest BCUT2D eigenvalue weighted by molar-refractivity contribution is -0.134. The number of carbonyl (C=O) groups excluding carboxylic acids is 3. The number of nitrogens with zero attached hydrogens (tertiary/aromatic N) is 2. The van der Waals surface area contributed by atoms with Crippen LogP contribution in [0.4, 0.5) is 9.93 Å². The van der Waals surface area contributed by atoms with Gasteiger partial charge in [-0.3, -0.25) is 14.5 Å². The standard InChI is InChI=1S/C17H23N5O3S/c1-17(11-2-3-11)14(24)22(16(25)21-17)9-13(23)20-15-19-8-12(26-15)10-4-6-18-7-5-10/h8,10-11,18H,2-7,9H2,1H3,(H,21,25)(H,19,20,23). The molecule has 0 aromatic carbocycles. The molecule has 3 N–H and O–H groups in total. The lowest BCUT2D eigenvalue weighted by Gasteiger charge is -2.21. The third-order valence-electron chi connectivity index (χ3n) is 5.51. The Labute approximate surface area is 155 Å². The van der Waals surface area contributed by atoms with Crippen LogP contribution in [-0.2, 0) is 9.59 Å². The van der Waals surface area contributed by atoms with Gasteiger partial charge in [0.15, 0.2) is 5.13 Å². The quantitative estimate of drug-likeness (QED) is 0.671. The Bertz CT molecular complexity index is 741. The van der Waals surface area contributed by atoms with Gasteiger partial charge in [0.05, 0.1) is 0 Å². The molecule has 9 heteroatoms. The maximum absolute atomic E-state index is 12.6. The summed E-state index contributed by atoms with van der Waals surface area (Å²) in [6.07, 6.45) is 5.81. The molecule has 4 amide bonds. The summed E-state index contributed by atoms with van der Waals surface area (Å²) in [4.78, 5) is 43.4. The van der Waals surface area contributed by atoms with Crippen LogP contribution >= 0.6 is 11.3 Å². The van der Waals surface area contributed by atoms with Crippen molar-refractivity contribution in [2.75, 3.05) is 25.0 Å². The van der Waals surface area contributed by atoms with E-state index in [2.05, 4.69) is 20.9 Å². The minimum Gasteiger partial charge on any atom is -0.323 e. The molecule has 3 fully saturated rings. The van der Waals surface area contributed by atoms with Gasteiger partial charge in [0.25, 0.3) is 5.91 Å². The molecule has 2 saturated heterocycles. The summed E-state index contributed by atoms with van der Waals surface area (Å²) in [7, 11) is 0. The van der Waals surface area contributed by atoms with E-state index in [1.807, 2.05) is 6.20 Å². The molecule has 1 saturated carbocycles. The molecule has 1 aliphatic carbocycles. The van der Waals surface area contributed by atoms with Crippen LogP contribution in [0.1, 0.15) is 43.4 Å². The van der Waals surface area contributed by atoms with Crippen molar-refractivity contribution in [1.29, 1.82) is 0 Å². The average Bonchev–Trinajstić information content (AvgIpc) is 3.35. The van der Waals surface area contributed by atoms with Crippen LogP contribution in [0.5, 0.6) is 0 Å². The van der Waals surface area contributed by atoms with Gasteiger partial charge < -0.3 is 16.0 Å². The minimum absolute atomic E-state index is 0.179. The Kier molecular flexibility index (Phi) is 4.44. The Morgan fingerprint density at radius 2 is 2.08 bits per heavy atom. The highest BCUT2D eigenvalue weighted by molar-refractivity contribution is 7.15. The molecule has 1 unspecified atom stereocenters. The van der Waals surface area contributed by atoms with Gasteiger partial charge in [-0.25, -0.2) is 9.78 Å². The molecule has 0 bridgehead atoms. The van der Waals surface area contributed by atoms with E-state index in [9.17, 15) is 14.4 Å². The van der Waals surface area contributed by atoms with Gasteiger partial charge in [0.2, 0.25) is 5.91 Å². The van der Waals surface area contributed by atoms with Crippen molar-refractivity contribution in [1.82, 2.24) is 20.5 Å². The van der Waals surface area contributed by atoms with Gasteiger partial charge in [-0.1, -0.05) is 0 Å². The van der Waals surface area contributed by atoms with E-state index in [4.69, 9.17) is 0 Å². The Hall–Kier alpha value is -2.00. The first-order valence-corrected chi connectivity index (χ1v) is 9.89. The number of rotatable bonds is 5. The molecule has 0 radical (unpaired) electrons. The fourth-order valence-corrected chi connectivity index (χ4v) is 4.74. The first-order valence-electron chi connectivity index (χ1n) is 9.08. The van der Waals surface area contributed by atoms with Crippen molar-refractivity contribution < 1.29 is 14.4 Å². The normalized spacial score (nSPS) is 26.9. The van der Waals surface area contributed by atoms with Crippen LogP contribution in [0, 0.1) is 5.92 Å². The SMILES string of the molecule is CC1(C2CC2)NC(=O)N(CC(=O)Nc2ncc(C3CCNCC3)s2)C1=O. The maximum atomic E-state index is 12.6. The maximum Gasteiger partial charge on any atom is 0.325 e. The van der Waals surface area contributed by atoms with Gasteiger partial charge >= 0.3 is 6.03 Å². The monoisotopic (exact) mass is 377 g/mol. The fourth-order valence-electron chi connectivity index (χ4n) is 3.74. The summed E-state index contributed by atoms with van der Waals surface area (Å²) in [5.41, 5.74) is -0.860. The van der Waals surface area contributed by atoms with Gasteiger partial charge in [-0.05, 0) is 57.5 Å². The average molecular weight is 377 g/mol. The Morgan fingerprint density at radius 3 is 2.77 bits per heavy atom. The zero-order chi connectivity index (χ0) is 18.3. The number of thiazole rings is 1. The second kappa shape index (κ2) is 6.62. The highest BCUT2D eigenvalue weighted by Crippen LogP contribution is 2.42. The van der Waals surface area contributed by atoms with Crippen molar-refractivity contribution >= 4 is 34.3 Å². The highest BCUT2D eigenvalue weighted by Gasteiger charge is 2.56. The van der Waals surface area contributed by atoms with Crippen LogP contribution in [0.2, 0.25) is 0 Å². The molecular formula is C17H23N5O3S. The summed E-state index contributed by atoms with van der Waals surface area (Å²) < 4.78 is 0. The van der Waals surface area contributed by atoms with Crippen LogP contribution in [0.3, 0.4) is 0 Å². The fraction of sp³-hybridized carbons (Fsp3) is 0.647. The second-order valence-corrected chi connectivity index (χ2v) is 8.50. The molecule has 140 valence electrons. The molecule has 3 heterocycles. The molecule has 1 aromatic heterocycles. The first kappa shape index (κ1) is 17.4. The van der Waals surface area contributed by atoms with Gasteiger partial charge in [0.1, 0.15) is 12.1 Å². The number of carbonyl (C=O) groups is 3. The van der Waals surface area contributed by atoms with Crippen LogP contribution in [0.25, 0.3) is 0 Å². The van der Waals surface area contributed by atoms with E-state index >= 15 is 0 Å². The smallest absolute Gasteiger partial charge is 0.323 e. The van der Waals surface area contributed by atoms with Crippen LogP contribution < -0.4 is 16.0 Å². The second-order valence-electron chi connectivity index (χ2n) is 7.44. The van der Waals surface area contributed by atoms with Gasteiger partial charge in [-0.15, -0.1) is 11.3 Å². The van der Waals surface area contributed by atoms with Crippen molar-refractivity contribution in [2.45, 2.75) is 44.1 Å². The number of aromatic nitrogens is 1. The number of anilines is 1. The third-order valence-corrected chi connectivity index (χ3v) is 6.58. The van der Waals surface area contributed by atoms with Crippen LogP contribution in [0.15, 0.2) is 6.20 Å². The summed E-state index contributed by atoms with van der Waals surface area (Å²) in [5, 5.41) is 9.31.